The highest BCUT2D eigenvalue weighted by atomic mass is 79.9. The summed E-state index contributed by atoms with van der Waals surface area (Å²) in [5.41, 5.74) is 2.25. The lowest BCUT2D eigenvalue weighted by Gasteiger charge is -2.34. The summed E-state index contributed by atoms with van der Waals surface area (Å²) in [5, 5.41) is 0. The van der Waals surface area contributed by atoms with Crippen LogP contribution in [-0.4, -0.2) is 24.8 Å². The van der Waals surface area contributed by atoms with Gasteiger partial charge >= 0.3 is 11.9 Å². The predicted octanol–water partition coefficient (Wildman–Crippen LogP) is 4.46. The number of rotatable bonds is 5. The summed E-state index contributed by atoms with van der Waals surface area (Å²) in [7, 11) is 1.23. The standard InChI is InChI=1S/C22H21BrO5/c1-4-15(20(24)13-7-5-12(2)6-8-13)18-16-11-14(23)9-10-17(16)28-22(26)19(18)21(25)27-3/h5-11,15,18-19H,4H2,1-3H3/t15-,18-,19+/m0/s1. The average molecular weight is 445 g/mol. The van der Waals surface area contributed by atoms with Crippen LogP contribution < -0.4 is 4.74 Å². The molecular formula is C22H21BrO5. The molecular weight excluding hydrogens is 424 g/mol. The van der Waals surface area contributed by atoms with Crippen LogP contribution in [0.2, 0.25) is 0 Å². The summed E-state index contributed by atoms with van der Waals surface area (Å²) >= 11 is 3.43. The quantitative estimate of drug-likeness (QED) is 0.294. The second kappa shape index (κ2) is 8.27. The van der Waals surface area contributed by atoms with E-state index in [1.165, 1.54) is 7.11 Å². The minimum Gasteiger partial charge on any atom is -0.468 e. The van der Waals surface area contributed by atoms with Crippen molar-refractivity contribution >= 4 is 33.7 Å². The minimum atomic E-state index is -1.19. The maximum atomic E-state index is 13.3. The van der Waals surface area contributed by atoms with Gasteiger partial charge in [0, 0.05) is 27.4 Å². The number of methoxy groups -OCH3 is 1. The minimum absolute atomic E-state index is 0.109. The molecule has 0 saturated carbocycles. The van der Waals surface area contributed by atoms with Crippen LogP contribution in [0, 0.1) is 18.8 Å². The Morgan fingerprint density at radius 2 is 1.86 bits per heavy atom. The van der Waals surface area contributed by atoms with Crippen molar-refractivity contribution in [2.75, 3.05) is 7.11 Å². The fourth-order valence-corrected chi connectivity index (χ4v) is 4.10. The van der Waals surface area contributed by atoms with Gasteiger partial charge in [-0.1, -0.05) is 52.7 Å². The molecule has 0 amide bonds. The Hall–Kier alpha value is -2.47. The van der Waals surface area contributed by atoms with Crippen molar-refractivity contribution in [3.63, 3.8) is 0 Å². The molecule has 146 valence electrons. The number of Topliss-reactive ketones (excluding diaryl/α,β-unsaturated/α-hetero) is 1. The van der Waals surface area contributed by atoms with Crippen molar-refractivity contribution in [2.24, 2.45) is 11.8 Å². The second-order valence-electron chi connectivity index (χ2n) is 6.87. The van der Waals surface area contributed by atoms with Crippen molar-refractivity contribution in [2.45, 2.75) is 26.2 Å². The number of ether oxygens (including phenoxy) is 2. The summed E-state index contributed by atoms with van der Waals surface area (Å²) in [5.74, 6) is -3.56. The zero-order valence-electron chi connectivity index (χ0n) is 15.9. The lowest BCUT2D eigenvalue weighted by molar-refractivity contribution is -0.158. The molecule has 1 heterocycles. The molecule has 3 atom stereocenters. The first-order valence-corrected chi connectivity index (χ1v) is 9.86. The average Bonchev–Trinajstić information content (AvgIpc) is 2.68. The molecule has 0 radical (unpaired) electrons. The maximum absolute atomic E-state index is 13.3. The Morgan fingerprint density at radius 3 is 2.46 bits per heavy atom. The van der Waals surface area contributed by atoms with Crippen LogP contribution in [0.4, 0.5) is 0 Å². The molecule has 0 unspecified atom stereocenters. The van der Waals surface area contributed by atoms with Gasteiger partial charge in [-0.15, -0.1) is 0 Å². The molecule has 0 aromatic heterocycles. The number of carbonyl (C=O) groups is 3. The van der Waals surface area contributed by atoms with Crippen LogP contribution >= 0.6 is 15.9 Å². The van der Waals surface area contributed by atoms with Crippen LogP contribution in [-0.2, 0) is 14.3 Å². The van der Waals surface area contributed by atoms with E-state index in [0.717, 1.165) is 10.0 Å². The first kappa shape index (κ1) is 20.3. The van der Waals surface area contributed by atoms with Crippen LogP contribution in [0.5, 0.6) is 5.75 Å². The van der Waals surface area contributed by atoms with Gasteiger partial charge in [-0.3, -0.25) is 14.4 Å². The molecule has 0 saturated heterocycles. The lowest BCUT2D eigenvalue weighted by atomic mass is 9.71. The highest BCUT2D eigenvalue weighted by molar-refractivity contribution is 9.10. The number of carbonyl (C=O) groups excluding carboxylic acids is 3. The van der Waals surface area contributed by atoms with Crippen molar-refractivity contribution in [3.05, 3.63) is 63.6 Å². The van der Waals surface area contributed by atoms with E-state index >= 15 is 0 Å². The number of halogens is 1. The van der Waals surface area contributed by atoms with Crippen LogP contribution in [0.25, 0.3) is 0 Å². The van der Waals surface area contributed by atoms with Crippen LogP contribution in [0.3, 0.4) is 0 Å². The number of hydrogen-bond donors (Lipinski definition) is 0. The fraction of sp³-hybridized carbons (Fsp3) is 0.318. The molecule has 0 bridgehead atoms. The molecule has 5 nitrogen and oxygen atoms in total. The number of ketones is 1. The first-order chi connectivity index (χ1) is 13.4. The van der Waals surface area contributed by atoms with Gasteiger partial charge in [0.1, 0.15) is 5.75 Å². The molecule has 0 N–H and O–H groups in total. The molecule has 28 heavy (non-hydrogen) atoms. The summed E-state index contributed by atoms with van der Waals surface area (Å²) in [6.07, 6.45) is 0.462. The van der Waals surface area contributed by atoms with E-state index in [-0.39, 0.29) is 5.78 Å². The van der Waals surface area contributed by atoms with E-state index in [1.807, 2.05) is 26.0 Å². The van der Waals surface area contributed by atoms with Crippen LogP contribution in [0.15, 0.2) is 46.9 Å². The van der Waals surface area contributed by atoms with E-state index in [9.17, 15) is 14.4 Å². The normalized spacial score (nSPS) is 19.4. The smallest absolute Gasteiger partial charge is 0.326 e. The van der Waals surface area contributed by atoms with Crippen molar-refractivity contribution in [1.29, 1.82) is 0 Å². The van der Waals surface area contributed by atoms with Gasteiger partial charge in [-0.05, 0) is 31.5 Å². The third-order valence-electron chi connectivity index (χ3n) is 5.16. The Balaban J connectivity index is 2.13. The topological polar surface area (TPSA) is 69.7 Å². The Morgan fingerprint density at radius 1 is 1.18 bits per heavy atom. The molecule has 1 aliphatic heterocycles. The fourth-order valence-electron chi connectivity index (χ4n) is 3.72. The molecule has 2 aromatic rings. The Labute approximate surface area is 172 Å². The Kier molecular flexibility index (Phi) is 5.98. The van der Waals surface area contributed by atoms with Crippen LogP contribution in [0.1, 0.15) is 40.7 Å². The van der Waals surface area contributed by atoms with Gasteiger partial charge in [-0.2, -0.15) is 0 Å². The maximum Gasteiger partial charge on any atom is 0.326 e. The molecule has 6 heteroatoms. The number of benzene rings is 2. The number of hydrogen-bond acceptors (Lipinski definition) is 5. The molecule has 0 fully saturated rings. The summed E-state index contributed by atoms with van der Waals surface area (Å²) in [4.78, 5) is 38.4. The SMILES string of the molecule is CC[C@H](C(=O)c1ccc(C)cc1)[C@H]1c2cc(Br)ccc2OC(=O)[C@H]1C(=O)OC. The van der Waals surface area contributed by atoms with Gasteiger partial charge in [0.05, 0.1) is 7.11 Å². The molecule has 0 aliphatic carbocycles. The lowest BCUT2D eigenvalue weighted by Crippen LogP contribution is -2.42. The van der Waals surface area contributed by atoms with Gasteiger partial charge < -0.3 is 9.47 Å². The van der Waals surface area contributed by atoms with Crippen molar-refractivity contribution in [3.8, 4) is 5.75 Å². The monoisotopic (exact) mass is 444 g/mol. The zero-order valence-corrected chi connectivity index (χ0v) is 17.5. The number of fused-ring (bicyclic) bond motifs is 1. The van der Waals surface area contributed by atoms with E-state index < -0.39 is 29.7 Å². The van der Waals surface area contributed by atoms with Gasteiger partial charge in [-0.25, -0.2) is 0 Å². The van der Waals surface area contributed by atoms with Crippen molar-refractivity contribution in [1.82, 2.24) is 0 Å². The van der Waals surface area contributed by atoms with Gasteiger partial charge in [0.25, 0.3) is 0 Å². The van der Waals surface area contributed by atoms with E-state index in [0.29, 0.717) is 23.3 Å². The third-order valence-corrected chi connectivity index (χ3v) is 5.65. The number of aryl methyl sites for hydroxylation is 1. The molecule has 3 rings (SSSR count). The molecule has 1 aliphatic rings. The van der Waals surface area contributed by atoms with E-state index in [2.05, 4.69) is 15.9 Å². The highest BCUT2D eigenvalue weighted by Gasteiger charge is 2.48. The highest BCUT2D eigenvalue weighted by Crippen LogP contribution is 2.45. The number of esters is 2. The predicted molar refractivity (Wildman–Crippen MR) is 107 cm³/mol. The largest absolute Gasteiger partial charge is 0.468 e. The Bertz CT molecular complexity index is 919. The van der Waals surface area contributed by atoms with Crippen molar-refractivity contribution < 1.29 is 23.9 Å². The second-order valence-corrected chi connectivity index (χ2v) is 7.79. The van der Waals surface area contributed by atoms with Gasteiger partial charge in [0.15, 0.2) is 11.7 Å². The van der Waals surface area contributed by atoms with Gasteiger partial charge in [0.2, 0.25) is 0 Å². The first-order valence-electron chi connectivity index (χ1n) is 9.07. The summed E-state index contributed by atoms with van der Waals surface area (Å²) in [6, 6.07) is 12.5. The summed E-state index contributed by atoms with van der Waals surface area (Å²) < 4.78 is 11.0. The third kappa shape index (κ3) is 3.74. The zero-order chi connectivity index (χ0) is 20.4. The molecule has 2 aromatic carbocycles. The molecule has 0 spiro atoms. The summed E-state index contributed by atoms with van der Waals surface area (Å²) in [6.45, 7) is 3.83. The van der Waals surface area contributed by atoms with E-state index in [4.69, 9.17) is 9.47 Å². The van der Waals surface area contributed by atoms with E-state index in [1.54, 1.807) is 30.3 Å².